The number of rotatable bonds is 5. The molecule has 29 heavy (non-hydrogen) atoms. The van der Waals surface area contributed by atoms with E-state index >= 15 is 0 Å². The highest BCUT2D eigenvalue weighted by molar-refractivity contribution is 6.02. The van der Waals surface area contributed by atoms with Crippen LogP contribution in [0, 0.1) is 0 Å². The van der Waals surface area contributed by atoms with Crippen molar-refractivity contribution >= 4 is 11.6 Å². The fourth-order valence-electron chi connectivity index (χ4n) is 3.07. The van der Waals surface area contributed by atoms with Gasteiger partial charge in [-0.05, 0) is 31.0 Å². The zero-order valence-corrected chi connectivity index (χ0v) is 15.3. The predicted octanol–water partition coefficient (Wildman–Crippen LogP) is 3.14. The molecule has 0 radical (unpaired) electrons. The molecule has 1 saturated heterocycles. The number of carbonyl (C=O) groups is 1. The number of ether oxygens (including phenoxy) is 1. The average Bonchev–Trinajstić information content (AvgIpc) is 3.29. The van der Waals surface area contributed by atoms with E-state index in [1.165, 1.54) is 18.3 Å². The minimum absolute atomic E-state index is 0.160. The molecule has 1 fully saturated rings. The molecule has 3 aromatic rings. The van der Waals surface area contributed by atoms with Gasteiger partial charge in [0.15, 0.2) is 0 Å². The number of halogens is 2. The van der Waals surface area contributed by atoms with E-state index in [9.17, 15) is 13.6 Å². The van der Waals surface area contributed by atoms with Crippen LogP contribution in [0.2, 0.25) is 0 Å². The molecule has 3 aromatic heterocycles. The summed E-state index contributed by atoms with van der Waals surface area (Å²) >= 11 is 0. The van der Waals surface area contributed by atoms with Crippen LogP contribution in [0.5, 0.6) is 0 Å². The van der Waals surface area contributed by atoms with Crippen molar-refractivity contribution < 1.29 is 18.3 Å². The molecule has 1 N–H and O–H groups in total. The zero-order chi connectivity index (χ0) is 20.2. The first-order valence-corrected chi connectivity index (χ1v) is 9.10. The highest BCUT2D eigenvalue weighted by Crippen LogP contribution is 2.26. The SMILES string of the molecule is O=C(Nc1ccc(C(F)F)nc1)c1cc(C2CCOCC2)nc(-n2ccnc2)n1. The van der Waals surface area contributed by atoms with E-state index in [0.29, 0.717) is 24.8 Å². The fourth-order valence-corrected chi connectivity index (χ4v) is 3.07. The first kappa shape index (κ1) is 19.1. The van der Waals surface area contributed by atoms with Crippen LogP contribution in [0.25, 0.3) is 5.95 Å². The largest absolute Gasteiger partial charge is 0.381 e. The predicted molar refractivity (Wildman–Crippen MR) is 99.1 cm³/mol. The number of hydrogen-bond donors (Lipinski definition) is 1. The van der Waals surface area contributed by atoms with Crippen molar-refractivity contribution in [2.75, 3.05) is 18.5 Å². The standard InChI is InChI=1S/C19H18F2N6O2/c20-17(21)14-2-1-13(10-23-14)24-18(28)16-9-15(12-3-7-29-8-4-12)25-19(26-16)27-6-5-22-11-27/h1-2,5-6,9-12,17H,3-4,7-8H2,(H,24,28). The van der Waals surface area contributed by atoms with Gasteiger partial charge in [0.25, 0.3) is 12.3 Å². The molecule has 1 aliphatic heterocycles. The summed E-state index contributed by atoms with van der Waals surface area (Å²) in [7, 11) is 0. The van der Waals surface area contributed by atoms with Gasteiger partial charge in [0, 0.05) is 31.5 Å². The van der Waals surface area contributed by atoms with Crippen molar-refractivity contribution in [3.8, 4) is 5.95 Å². The van der Waals surface area contributed by atoms with Crippen LogP contribution in [0.15, 0.2) is 43.1 Å². The summed E-state index contributed by atoms with van der Waals surface area (Å²) < 4.78 is 32.3. The van der Waals surface area contributed by atoms with Gasteiger partial charge in [-0.3, -0.25) is 14.3 Å². The highest BCUT2D eigenvalue weighted by Gasteiger charge is 2.21. The lowest BCUT2D eigenvalue weighted by Gasteiger charge is -2.22. The average molecular weight is 400 g/mol. The number of nitrogens with zero attached hydrogens (tertiary/aromatic N) is 5. The van der Waals surface area contributed by atoms with Crippen molar-refractivity contribution in [2.45, 2.75) is 25.2 Å². The number of alkyl halides is 2. The topological polar surface area (TPSA) is 94.8 Å². The van der Waals surface area contributed by atoms with Gasteiger partial charge in [-0.15, -0.1) is 0 Å². The Morgan fingerprint density at radius 3 is 2.72 bits per heavy atom. The van der Waals surface area contributed by atoms with Gasteiger partial charge in [-0.2, -0.15) is 0 Å². The van der Waals surface area contributed by atoms with Gasteiger partial charge >= 0.3 is 0 Å². The molecule has 0 aliphatic carbocycles. The van der Waals surface area contributed by atoms with Crippen LogP contribution in [-0.2, 0) is 4.74 Å². The fraction of sp³-hybridized carbons (Fsp3) is 0.316. The van der Waals surface area contributed by atoms with Gasteiger partial charge in [0.1, 0.15) is 17.7 Å². The van der Waals surface area contributed by atoms with E-state index in [1.54, 1.807) is 29.4 Å². The van der Waals surface area contributed by atoms with Gasteiger partial charge in [-0.1, -0.05) is 0 Å². The molecule has 4 rings (SSSR count). The van der Waals surface area contributed by atoms with Crippen LogP contribution in [-0.4, -0.2) is 43.6 Å². The van der Waals surface area contributed by atoms with Crippen molar-refractivity contribution in [3.05, 3.63) is 60.2 Å². The molecule has 150 valence electrons. The second-order valence-corrected chi connectivity index (χ2v) is 6.56. The Morgan fingerprint density at radius 1 is 1.24 bits per heavy atom. The molecule has 0 aromatic carbocycles. The number of nitrogens with one attached hydrogen (secondary N) is 1. The molecule has 10 heteroatoms. The molecule has 8 nitrogen and oxygen atoms in total. The lowest BCUT2D eigenvalue weighted by Crippen LogP contribution is -2.20. The molecule has 0 spiro atoms. The third kappa shape index (κ3) is 4.43. The number of amides is 1. The first-order chi connectivity index (χ1) is 14.1. The maximum atomic E-state index is 12.8. The summed E-state index contributed by atoms with van der Waals surface area (Å²) in [6, 6.07) is 4.21. The van der Waals surface area contributed by atoms with E-state index in [1.807, 2.05) is 0 Å². The summed E-state index contributed by atoms with van der Waals surface area (Å²) in [5.41, 5.74) is 0.871. The Morgan fingerprint density at radius 2 is 2.07 bits per heavy atom. The number of aromatic nitrogens is 5. The number of pyridine rings is 1. The molecule has 4 heterocycles. The van der Waals surface area contributed by atoms with Crippen LogP contribution in [0.4, 0.5) is 14.5 Å². The van der Waals surface area contributed by atoms with E-state index in [2.05, 4.69) is 25.3 Å². The summed E-state index contributed by atoms with van der Waals surface area (Å²) in [6.07, 6.45) is 4.98. The number of anilines is 1. The maximum Gasteiger partial charge on any atom is 0.280 e. The Hall–Kier alpha value is -3.27. The monoisotopic (exact) mass is 400 g/mol. The Bertz CT molecular complexity index is 973. The van der Waals surface area contributed by atoms with E-state index in [4.69, 9.17) is 4.74 Å². The number of carbonyl (C=O) groups excluding carboxylic acids is 1. The Labute approximate surface area is 165 Å². The summed E-state index contributed by atoms with van der Waals surface area (Å²) in [4.78, 5) is 29.4. The summed E-state index contributed by atoms with van der Waals surface area (Å²) in [5.74, 6) is 0.0176. The number of hydrogen-bond acceptors (Lipinski definition) is 6. The van der Waals surface area contributed by atoms with Gasteiger partial charge in [-0.25, -0.2) is 23.7 Å². The molecular formula is C19H18F2N6O2. The van der Waals surface area contributed by atoms with Gasteiger partial charge < -0.3 is 10.1 Å². The lowest BCUT2D eigenvalue weighted by molar-refractivity contribution is 0.0844. The molecule has 1 aliphatic rings. The van der Waals surface area contributed by atoms with Crippen molar-refractivity contribution in [1.29, 1.82) is 0 Å². The second-order valence-electron chi connectivity index (χ2n) is 6.56. The minimum Gasteiger partial charge on any atom is -0.381 e. The lowest BCUT2D eigenvalue weighted by atomic mass is 9.96. The van der Waals surface area contributed by atoms with Crippen molar-refractivity contribution in [2.24, 2.45) is 0 Å². The summed E-state index contributed by atoms with van der Waals surface area (Å²) in [5, 5.41) is 2.64. The highest BCUT2D eigenvalue weighted by atomic mass is 19.3. The van der Waals surface area contributed by atoms with Crippen molar-refractivity contribution in [1.82, 2.24) is 24.5 Å². The minimum atomic E-state index is -2.67. The zero-order valence-electron chi connectivity index (χ0n) is 15.3. The second kappa shape index (κ2) is 8.39. The molecule has 1 amide bonds. The smallest absolute Gasteiger partial charge is 0.280 e. The van der Waals surface area contributed by atoms with Crippen LogP contribution in [0.1, 0.15) is 47.1 Å². The van der Waals surface area contributed by atoms with Gasteiger partial charge in [0.05, 0.1) is 17.6 Å². The molecular weight excluding hydrogens is 382 g/mol. The molecule has 0 saturated carbocycles. The van der Waals surface area contributed by atoms with E-state index in [-0.39, 0.29) is 17.3 Å². The normalized spacial score (nSPS) is 14.9. The first-order valence-electron chi connectivity index (χ1n) is 9.10. The van der Waals surface area contributed by atoms with Gasteiger partial charge in [0.2, 0.25) is 5.95 Å². The molecule has 0 atom stereocenters. The van der Waals surface area contributed by atoms with Crippen LogP contribution >= 0.6 is 0 Å². The van der Waals surface area contributed by atoms with Crippen molar-refractivity contribution in [3.63, 3.8) is 0 Å². The van der Waals surface area contributed by atoms with E-state index in [0.717, 1.165) is 18.5 Å². The third-order valence-corrected chi connectivity index (χ3v) is 4.61. The quantitative estimate of drug-likeness (QED) is 0.707. The number of imidazole rings is 1. The third-order valence-electron chi connectivity index (χ3n) is 4.61. The molecule has 0 bridgehead atoms. The maximum absolute atomic E-state index is 12.8. The molecule has 0 unspecified atom stereocenters. The Balaban J connectivity index is 1.62. The summed E-state index contributed by atoms with van der Waals surface area (Å²) in [6.45, 7) is 1.28. The van der Waals surface area contributed by atoms with Crippen LogP contribution < -0.4 is 5.32 Å². The van der Waals surface area contributed by atoms with E-state index < -0.39 is 12.3 Å². The van der Waals surface area contributed by atoms with Crippen LogP contribution in [0.3, 0.4) is 0 Å². The Kier molecular flexibility index (Phi) is 5.52.